The number of nitrogens with two attached hydrogens (primary N) is 2. The highest BCUT2D eigenvalue weighted by molar-refractivity contribution is 5.62. The van der Waals surface area contributed by atoms with Crippen LogP contribution in [-0.4, -0.2) is 42.6 Å². The lowest BCUT2D eigenvalue weighted by Gasteiger charge is -2.29. The number of nitrogen functional groups attached to an aromatic ring is 2. The molecule has 1 atom stereocenters. The molecule has 0 aromatic carbocycles. The lowest BCUT2D eigenvalue weighted by atomic mass is 10.2. The molecule has 1 aromatic heterocycles. The van der Waals surface area contributed by atoms with Gasteiger partial charge in [-0.15, -0.1) is 0 Å². The molecule has 0 radical (unpaired) electrons. The van der Waals surface area contributed by atoms with Crippen LogP contribution >= 0.6 is 0 Å². The zero-order valence-corrected chi connectivity index (χ0v) is 10.6. The van der Waals surface area contributed by atoms with Gasteiger partial charge in [0, 0.05) is 19.1 Å². The van der Waals surface area contributed by atoms with Crippen molar-refractivity contribution >= 4 is 17.3 Å². The van der Waals surface area contributed by atoms with Gasteiger partial charge in [0.1, 0.15) is 11.6 Å². The van der Waals surface area contributed by atoms with Crippen LogP contribution in [0.1, 0.15) is 13.3 Å². The molecule has 0 bridgehead atoms. The molecular weight excluding hydrogens is 214 g/mol. The fraction of sp³-hybridized carbons (Fsp3) is 0.583. The second-order valence-electron chi connectivity index (χ2n) is 4.80. The van der Waals surface area contributed by atoms with Crippen molar-refractivity contribution in [1.29, 1.82) is 0 Å². The van der Waals surface area contributed by atoms with Gasteiger partial charge in [-0.2, -0.15) is 0 Å². The molecule has 0 amide bonds. The summed E-state index contributed by atoms with van der Waals surface area (Å²) in [6.07, 6.45) is 1.15. The van der Waals surface area contributed by atoms with Crippen LogP contribution in [0.15, 0.2) is 12.1 Å². The molecule has 1 fully saturated rings. The third kappa shape index (κ3) is 2.61. The standard InChI is InChI=1S/C12H21N5/c1-9-8-16(2)6-3-7-17(9)11-5-4-10(13)12(14)15-11/h4-5,9H,3,6-8,13H2,1-2H3,(H2,14,15). The number of nitrogens with zero attached hydrogens (tertiary/aromatic N) is 3. The molecule has 1 aliphatic heterocycles. The normalized spacial score (nSPS) is 22.5. The predicted molar refractivity (Wildman–Crippen MR) is 72.0 cm³/mol. The van der Waals surface area contributed by atoms with Crippen LogP contribution in [0.3, 0.4) is 0 Å². The van der Waals surface area contributed by atoms with E-state index in [0.29, 0.717) is 17.5 Å². The summed E-state index contributed by atoms with van der Waals surface area (Å²) in [5.74, 6) is 1.35. The van der Waals surface area contributed by atoms with Crippen molar-refractivity contribution in [1.82, 2.24) is 9.88 Å². The van der Waals surface area contributed by atoms with E-state index in [1.54, 1.807) is 0 Å². The van der Waals surface area contributed by atoms with E-state index in [1.165, 1.54) is 0 Å². The Hall–Kier alpha value is -1.49. The van der Waals surface area contributed by atoms with Crippen LogP contribution in [0.2, 0.25) is 0 Å². The number of likely N-dealkylation sites (N-methyl/N-ethyl adjacent to an activating group) is 1. The molecule has 0 saturated carbocycles. The Kier molecular flexibility index (Phi) is 3.38. The number of aromatic nitrogens is 1. The molecule has 2 rings (SSSR count). The fourth-order valence-corrected chi connectivity index (χ4v) is 2.35. The van der Waals surface area contributed by atoms with Crippen molar-refractivity contribution in [2.24, 2.45) is 0 Å². The Balaban J connectivity index is 2.22. The largest absolute Gasteiger partial charge is 0.396 e. The Labute approximate surface area is 102 Å². The Morgan fingerprint density at radius 3 is 2.76 bits per heavy atom. The van der Waals surface area contributed by atoms with E-state index < -0.39 is 0 Å². The smallest absolute Gasteiger partial charge is 0.149 e. The Morgan fingerprint density at radius 1 is 1.29 bits per heavy atom. The highest BCUT2D eigenvalue weighted by Gasteiger charge is 2.20. The first-order chi connectivity index (χ1) is 8.08. The number of rotatable bonds is 1. The first-order valence-corrected chi connectivity index (χ1v) is 6.05. The molecule has 0 aliphatic carbocycles. The first-order valence-electron chi connectivity index (χ1n) is 6.05. The molecule has 1 aromatic rings. The molecule has 1 saturated heterocycles. The molecule has 5 heteroatoms. The van der Waals surface area contributed by atoms with Gasteiger partial charge in [0.05, 0.1) is 5.69 Å². The minimum atomic E-state index is 0.423. The monoisotopic (exact) mass is 235 g/mol. The van der Waals surface area contributed by atoms with Gasteiger partial charge >= 0.3 is 0 Å². The average molecular weight is 235 g/mol. The van der Waals surface area contributed by atoms with Gasteiger partial charge in [0.15, 0.2) is 0 Å². The minimum absolute atomic E-state index is 0.423. The molecular formula is C12H21N5. The van der Waals surface area contributed by atoms with E-state index in [-0.39, 0.29) is 0 Å². The maximum Gasteiger partial charge on any atom is 0.149 e. The number of pyridine rings is 1. The van der Waals surface area contributed by atoms with E-state index in [4.69, 9.17) is 11.5 Å². The third-order valence-electron chi connectivity index (χ3n) is 3.28. The summed E-state index contributed by atoms with van der Waals surface area (Å²) < 4.78 is 0. The van der Waals surface area contributed by atoms with Crippen molar-refractivity contribution in [2.45, 2.75) is 19.4 Å². The molecule has 5 nitrogen and oxygen atoms in total. The molecule has 17 heavy (non-hydrogen) atoms. The zero-order chi connectivity index (χ0) is 12.4. The number of hydrogen-bond acceptors (Lipinski definition) is 5. The summed E-state index contributed by atoms with van der Waals surface area (Å²) >= 11 is 0. The van der Waals surface area contributed by atoms with Gasteiger partial charge in [-0.25, -0.2) is 4.98 Å². The van der Waals surface area contributed by atoms with Gasteiger partial charge in [0.2, 0.25) is 0 Å². The first kappa shape index (κ1) is 12.0. The van der Waals surface area contributed by atoms with Crippen molar-refractivity contribution in [3.8, 4) is 0 Å². The summed E-state index contributed by atoms with van der Waals surface area (Å²) in [6, 6.07) is 4.23. The molecule has 2 heterocycles. The van der Waals surface area contributed by atoms with Crippen molar-refractivity contribution in [3.63, 3.8) is 0 Å². The van der Waals surface area contributed by atoms with E-state index in [1.807, 2.05) is 12.1 Å². The van der Waals surface area contributed by atoms with E-state index >= 15 is 0 Å². The SMILES string of the molecule is CC1CN(C)CCCN1c1ccc(N)c(N)n1. The van der Waals surface area contributed by atoms with Crippen molar-refractivity contribution < 1.29 is 0 Å². The van der Waals surface area contributed by atoms with Gasteiger partial charge < -0.3 is 21.3 Å². The summed E-state index contributed by atoms with van der Waals surface area (Å²) in [6.45, 7) is 5.41. The second kappa shape index (κ2) is 4.79. The summed E-state index contributed by atoms with van der Waals surface area (Å²) in [7, 11) is 2.16. The molecule has 1 unspecified atom stereocenters. The van der Waals surface area contributed by atoms with Crippen LogP contribution in [0.25, 0.3) is 0 Å². The van der Waals surface area contributed by atoms with Crippen LogP contribution in [0.4, 0.5) is 17.3 Å². The summed E-state index contributed by atoms with van der Waals surface area (Å²) in [4.78, 5) is 9.03. The van der Waals surface area contributed by atoms with Crippen LogP contribution in [0.5, 0.6) is 0 Å². The maximum absolute atomic E-state index is 5.77. The van der Waals surface area contributed by atoms with Crippen LogP contribution < -0.4 is 16.4 Å². The lowest BCUT2D eigenvalue weighted by molar-refractivity contribution is 0.337. The lowest BCUT2D eigenvalue weighted by Crippen LogP contribution is -2.38. The fourth-order valence-electron chi connectivity index (χ4n) is 2.35. The highest BCUT2D eigenvalue weighted by Crippen LogP contribution is 2.22. The number of anilines is 3. The third-order valence-corrected chi connectivity index (χ3v) is 3.28. The highest BCUT2D eigenvalue weighted by atomic mass is 15.3. The molecule has 94 valence electrons. The Morgan fingerprint density at radius 2 is 2.06 bits per heavy atom. The topological polar surface area (TPSA) is 71.4 Å². The van der Waals surface area contributed by atoms with E-state index in [2.05, 4.69) is 28.8 Å². The number of hydrogen-bond donors (Lipinski definition) is 2. The van der Waals surface area contributed by atoms with Crippen LogP contribution in [0, 0.1) is 0 Å². The summed E-state index contributed by atoms with van der Waals surface area (Å²) in [5.41, 5.74) is 12.0. The average Bonchev–Trinajstić information content (AvgIpc) is 2.43. The minimum Gasteiger partial charge on any atom is -0.396 e. The van der Waals surface area contributed by atoms with Gasteiger partial charge in [-0.1, -0.05) is 0 Å². The molecule has 4 N–H and O–H groups in total. The van der Waals surface area contributed by atoms with Gasteiger partial charge in [0.25, 0.3) is 0 Å². The van der Waals surface area contributed by atoms with Crippen molar-refractivity contribution in [3.05, 3.63) is 12.1 Å². The molecule has 0 spiro atoms. The van der Waals surface area contributed by atoms with Crippen LogP contribution in [-0.2, 0) is 0 Å². The molecule has 1 aliphatic rings. The van der Waals surface area contributed by atoms with Crippen molar-refractivity contribution in [2.75, 3.05) is 43.0 Å². The van der Waals surface area contributed by atoms with Gasteiger partial charge in [-0.05, 0) is 39.1 Å². The second-order valence-corrected chi connectivity index (χ2v) is 4.80. The Bertz CT molecular complexity index is 392. The zero-order valence-electron chi connectivity index (χ0n) is 10.6. The summed E-state index contributed by atoms with van der Waals surface area (Å²) in [5, 5.41) is 0. The van der Waals surface area contributed by atoms with E-state index in [9.17, 15) is 0 Å². The van der Waals surface area contributed by atoms with E-state index in [0.717, 1.165) is 31.9 Å². The maximum atomic E-state index is 5.77. The predicted octanol–water partition coefficient (Wildman–Crippen LogP) is 0.776. The van der Waals surface area contributed by atoms with Gasteiger partial charge in [-0.3, -0.25) is 0 Å². The quantitative estimate of drug-likeness (QED) is 0.752.